The molecule has 1 fully saturated rings. The number of benzene rings is 1. The van der Waals surface area contributed by atoms with Gasteiger partial charge in [0.15, 0.2) is 0 Å². The first-order valence-electron chi connectivity index (χ1n) is 7.35. The second kappa shape index (κ2) is 5.25. The van der Waals surface area contributed by atoms with Gasteiger partial charge < -0.3 is 9.47 Å². The number of carbonyl (C=O) groups is 1. The predicted molar refractivity (Wildman–Crippen MR) is 80.0 cm³/mol. The number of likely N-dealkylation sites (tertiary alicyclic amines) is 1. The molecule has 0 N–H and O–H groups in total. The Morgan fingerprint density at radius 1 is 1.32 bits per heavy atom. The molecule has 1 aromatic carbocycles. The van der Waals surface area contributed by atoms with Crippen LogP contribution in [0.2, 0.25) is 0 Å². The summed E-state index contributed by atoms with van der Waals surface area (Å²) in [6.45, 7) is 1.77. The molecule has 1 aliphatic rings. The third-order valence-electron chi connectivity index (χ3n) is 4.16. The van der Waals surface area contributed by atoms with Crippen molar-refractivity contribution in [3.8, 4) is 0 Å². The molecular weight excluding hydrogens is 280 g/mol. The highest BCUT2D eigenvalue weighted by Crippen LogP contribution is 2.21. The van der Waals surface area contributed by atoms with Gasteiger partial charge in [-0.2, -0.15) is 0 Å². The summed E-state index contributed by atoms with van der Waals surface area (Å²) in [6, 6.07) is 8.07. The van der Waals surface area contributed by atoms with E-state index in [0.717, 1.165) is 24.0 Å². The maximum atomic E-state index is 12.5. The van der Waals surface area contributed by atoms with Crippen LogP contribution in [0.4, 0.5) is 0 Å². The molecule has 1 saturated heterocycles. The van der Waals surface area contributed by atoms with Gasteiger partial charge >= 0.3 is 0 Å². The van der Waals surface area contributed by atoms with Crippen LogP contribution in [0.1, 0.15) is 12.5 Å². The van der Waals surface area contributed by atoms with Crippen LogP contribution in [-0.4, -0.2) is 48.4 Å². The number of aromatic nitrogens is 5. The number of para-hydroxylation sites is 2. The van der Waals surface area contributed by atoms with E-state index in [4.69, 9.17) is 0 Å². The number of carbonyl (C=O) groups excluding carboxylic acids is 1. The Hall–Kier alpha value is -2.70. The van der Waals surface area contributed by atoms with Gasteiger partial charge in [0.2, 0.25) is 5.91 Å². The molecule has 1 atom stereocenters. The molecule has 0 spiro atoms. The maximum absolute atomic E-state index is 12.5. The van der Waals surface area contributed by atoms with Crippen molar-refractivity contribution in [1.82, 2.24) is 29.4 Å². The van der Waals surface area contributed by atoms with E-state index in [1.54, 1.807) is 12.5 Å². The van der Waals surface area contributed by atoms with Crippen molar-refractivity contribution in [3.05, 3.63) is 43.0 Å². The molecule has 0 aliphatic carbocycles. The second-order valence-corrected chi connectivity index (χ2v) is 5.53. The standard InChI is InChI=1S/C15H16N6O/c22-15(10-20-11-16-13-3-1-2-4-14(13)20)19-7-5-12(9-19)21-8-6-17-18-21/h1-4,6,8,11-12H,5,7,9-10H2. The number of hydrogen-bond acceptors (Lipinski definition) is 4. The highest BCUT2D eigenvalue weighted by Gasteiger charge is 2.27. The van der Waals surface area contributed by atoms with Gasteiger partial charge in [0, 0.05) is 19.3 Å². The summed E-state index contributed by atoms with van der Waals surface area (Å²) in [5, 5.41) is 7.85. The lowest BCUT2D eigenvalue weighted by atomic mass is 10.3. The van der Waals surface area contributed by atoms with Gasteiger partial charge in [0.25, 0.3) is 0 Å². The molecule has 22 heavy (non-hydrogen) atoms. The summed E-state index contributed by atoms with van der Waals surface area (Å²) in [7, 11) is 0. The van der Waals surface area contributed by atoms with Crippen LogP contribution < -0.4 is 0 Å². The summed E-state index contributed by atoms with van der Waals surface area (Å²) >= 11 is 0. The van der Waals surface area contributed by atoms with E-state index in [1.165, 1.54) is 0 Å². The zero-order valence-corrected chi connectivity index (χ0v) is 12.0. The third-order valence-corrected chi connectivity index (χ3v) is 4.16. The highest BCUT2D eigenvalue weighted by molar-refractivity contribution is 5.80. The van der Waals surface area contributed by atoms with E-state index in [2.05, 4.69) is 15.3 Å². The van der Waals surface area contributed by atoms with E-state index in [-0.39, 0.29) is 11.9 Å². The molecule has 1 amide bonds. The van der Waals surface area contributed by atoms with Crippen molar-refractivity contribution >= 4 is 16.9 Å². The third kappa shape index (κ3) is 2.24. The van der Waals surface area contributed by atoms with E-state index in [1.807, 2.05) is 44.6 Å². The lowest BCUT2D eigenvalue weighted by Gasteiger charge is -2.17. The first-order valence-corrected chi connectivity index (χ1v) is 7.35. The van der Waals surface area contributed by atoms with Gasteiger partial charge in [-0.1, -0.05) is 17.3 Å². The molecular formula is C15H16N6O. The van der Waals surface area contributed by atoms with E-state index < -0.39 is 0 Å². The Labute approximate surface area is 127 Å². The minimum absolute atomic E-state index is 0.116. The van der Waals surface area contributed by atoms with Crippen LogP contribution in [0.3, 0.4) is 0 Å². The average Bonchev–Trinajstić information content (AvgIpc) is 3.28. The average molecular weight is 296 g/mol. The summed E-state index contributed by atoms with van der Waals surface area (Å²) < 4.78 is 3.74. The molecule has 3 heterocycles. The summed E-state index contributed by atoms with van der Waals surface area (Å²) in [5.74, 6) is 0.116. The number of amides is 1. The van der Waals surface area contributed by atoms with Crippen molar-refractivity contribution in [2.75, 3.05) is 13.1 Å². The first kappa shape index (κ1) is 13.0. The summed E-state index contributed by atoms with van der Waals surface area (Å²) in [5.41, 5.74) is 1.90. The zero-order chi connectivity index (χ0) is 14.9. The number of nitrogens with zero attached hydrogens (tertiary/aromatic N) is 6. The van der Waals surface area contributed by atoms with Gasteiger partial charge in [-0.05, 0) is 18.6 Å². The van der Waals surface area contributed by atoms with E-state index in [0.29, 0.717) is 13.1 Å². The van der Waals surface area contributed by atoms with E-state index in [9.17, 15) is 4.79 Å². The number of imidazole rings is 1. The van der Waals surface area contributed by atoms with Crippen molar-refractivity contribution in [1.29, 1.82) is 0 Å². The van der Waals surface area contributed by atoms with Crippen LogP contribution in [0, 0.1) is 0 Å². The molecule has 3 aromatic rings. The highest BCUT2D eigenvalue weighted by atomic mass is 16.2. The van der Waals surface area contributed by atoms with Crippen molar-refractivity contribution in [2.24, 2.45) is 0 Å². The molecule has 112 valence electrons. The predicted octanol–water partition coefficient (Wildman–Crippen LogP) is 1.10. The van der Waals surface area contributed by atoms with Crippen LogP contribution in [0.5, 0.6) is 0 Å². The number of fused-ring (bicyclic) bond motifs is 1. The van der Waals surface area contributed by atoms with Crippen LogP contribution in [-0.2, 0) is 11.3 Å². The summed E-state index contributed by atoms with van der Waals surface area (Å²) in [4.78, 5) is 18.7. The number of rotatable bonds is 3. The quantitative estimate of drug-likeness (QED) is 0.726. The number of hydrogen-bond donors (Lipinski definition) is 0. The fourth-order valence-electron chi connectivity index (χ4n) is 2.98. The van der Waals surface area contributed by atoms with Gasteiger partial charge in [-0.15, -0.1) is 5.10 Å². The molecule has 1 aliphatic heterocycles. The SMILES string of the molecule is O=C(Cn1cnc2ccccc21)N1CCC(n2ccnn2)C1. The van der Waals surface area contributed by atoms with Crippen molar-refractivity contribution < 1.29 is 4.79 Å². The molecule has 1 unspecified atom stereocenters. The van der Waals surface area contributed by atoms with Crippen molar-refractivity contribution in [3.63, 3.8) is 0 Å². The fourth-order valence-corrected chi connectivity index (χ4v) is 2.98. The smallest absolute Gasteiger partial charge is 0.242 e. The maximum Gasteiger partial charge on any atom is 0.242 e. The van der Waals surface area contributed by atoms with Gasteiger partial charge in [-0.3, -0.25) is 4.79 Å². The van der Waals surface area contributed by atoms with Crippen molar-refractivity contribution in [2.45, 2.75) is 19.0 Å². The summed E-state index contributed by atoms with van der Waals surface area (Å²) in [6.07, 6.45) is 6.16. The Morgan fingerprint density at radius 3 is 3.09 bits per heavy atom. The van der Waals surface area contributed by atoms with Crippen LogP contribution in [0.25, 0.3) is 11.0 Å². The lowest BCUT2D eigenvalue weighted by molar-refractivity contribution is -0.130. The van der Waals surface area contributed by atoms with Crippen LogP contribution in [0.15, 0.2) is 43.0 Å². The largest absolute Gasteiger partial charge is 0.339 e. The van der Waals surface area contributed by atoms with E-state index >= 15 is 0 Å². The monoisotopic (exact) mass is 296 g/mol. The fraction of sp³-hybridized carbons (Fsp3) is 0.333. The molecule has 0 bridgehead atoms. The van der Waals surface area contributed by atoms with Gasteiger partial charge in [0.1, 0.15) is 6.54 Å². The van der Waals surface area contributed by atoms with Crippen LogP contribution >= 0.6 is 0 Å². The Balaban J connectivity index is 1.47. The molecule has 4 rings (SSSR count). The molecule has 0 saturated carbocycles. The molecule has 7 heteroatoms. The Kier molecular flexibility index (Phi) is 3.10. The Bertz CT molecular complexity index is 793. The lowest BCUT2D eigenvalue weighted by Crippen LogP contribution is -2.32. The van der Waals surface area contributed by atoms with Gasteiger partial charge in [0.05, 0.1) is 29.6 Å². The molecule has 7 nitrogen and oxygen atoms in total. The zero-order valence-electron chi connectivity index (χ0n) is 12.0. The molecule has 2 aromatic heterocycles. The van der Waals surface area contributed by atoms with Gasteiger partial charge in [-0.25, -0.2) is 9.67 Å². The second-order valence-electron chi connectivity index (χ2n) is 5.53. The minimum atomic E-state index is 0.116. The minimum Gasteiger partial charge on any atom is -0.339 e. The topological polar surface area (TPSA) is 68.8 Å². The Morgan fingerprint density at radius 2 is 2.23 bits per heavy atom. The first-order chi connectivity index (χ1) is 10.8. The molecule has 0 radical (unpaired) electrons. The normalized spacial score (nSPS) is 18.2.